The van der Waals surface area contributed by atoms with Crippen LogP contribution in [0.15, 0.2) is 5.38 Å². The molecule has 3 heterocycles. The minimum absolute atomic E-state index is 0.0448. The van der Waals surface area contributed by atoms with Gasteiger partial charge in [0, 0.05) is 30.6 Å². The summed E-state index contributed by atoms with van der Waals surface area (Å²) in [6.45, 7) is 4.48. The van der Waals surface area contributed by atoms with Crippen molar-refractivity contribution >= 4 is 22.9 Å². The smallest absolute Gasteiger partial charge is 0.0940 e. The Morgan fingerprint density at radius 3 is 2.95 bits per heavy atom. The summed E-state index contributed by atoms with van der Waals surface area (Å²) in [7, 11) is 2.03. The summed E-state index contributed by atoms with van der Waals surface area (Å²) in [6.07, 6.45) is 3.17. The van der Waals surface area contributed by atoms with Crippen LogP contribution >= 0.6 is 22.9 Å². The Balaban J connectivity index is 1.80. The van der Waals surface area contributed by atoms with Crippen LogP contribution in [0, 0.1) is 12.8 Å². The van der Waals surface area contributed by atoms with Gasteiger partial charge in [0.2, 0.25) is 0 Å². The molecule has 1 aromatic rings. The van der Waals surface area contributed by atoms with Crippen molar-refractivity contribution in [2.45, 2.75) is 37.8 Å². The van der Waals surface area contributed by atoms with Crippen molar-refractivity contribution in [1.29, 1.82) is 0 Å². The van der Waals surface area contributed by atoms with E-state index < -0.39 is 0 Å². The summed E-state index contributed by atoms with van der Waals surface area (Å²) in [5, 5.41) is 6.56. The Labute approximate surface area is 129 Å². The summed E-state index contributed by atoms with van der Waals surface area (Å²) in [6, 6.07) is 0.322. The molecule has 2 aliphatic heterocycles. The number of hydrogen-bond donors (Lipinski definition) is 1. The fraction of sp³-hybridized carbons (Fsp3) is 0.733. The molecule has 0 bridgehead atoms. The van der Waals surface area contributed by atoms with E-state index >= 15 is 0 Å². The Kier molecular flexibility index (Phi) is 4.39. The molecule has 3 rings (SSSR count). The van der Waals surface area contributed by atoms with Gasteiger partial charge in [-0.05, 0) is 43.7 Å². The van der Waals surface area contributed by atoms with E-state index in [0.717, 1.165) is 44.1 Å². The number of thiophene rings is 1. The van der Waals surface area contributed by atoms with Crippen LogP contribution in [0.2, 0.25) is 5.02 Å². The van der Waals surface area contributed by atoms with Gasteiger partial charge >= 0.3 is 0 Å². The summed E-state index contributed by atoms with van der Waals surface area (Å²) < 4.78 is 11.6. The van der Waals surface area contributed by atoms with Gasteiger partial charge in [0.1, 0.15) is 0 Å². The van der Waals surface area contributed by atoms with Crippen LogP contribution in [0.25, 0.3) is 0 Å². The lowest BCUT2D eigenvalue weighted by Gasteiger charge is -2.40. The van der Waals surface area contributed by atoms with Crippen LogP contribution in [-0.2, 0) is 9.47 Å². The Morgan fingerprint density at radius 2 is 2.35 bits per heavy atom. The third kappa shape index (κ3) is 2.64. The van der Waals surface area contributed by atoms with Crippen LogP contribution in [0.1, 0.15) is 35.7 Å². The first kappa shape index (κ1) is 14.8. The molecule has 0 radical (unpaired) electrons. The maximum atomic E-state index is 6.47. The normalized spacial score (nSPS) is 31.9. The lowest BCUT2D eigenvalue weighted by Crippen LogP contribution is -2.43. The third-order valence-electron chi connectivity index (χ3n) is 4.59. The monoisotopic (exact) mass is 315 g/mol. The highest BCUT2D eigenvalue weighted by Gasteiger charge is 2.43. The van der Waals surface area contributed by atoms with Crippen molar-refractivity contribution < 1.29 is 9.47 Å². The second kappa shape index (κ2) is 5.93. The van der Waals surface area contributed by atoms with Gasteiger partial charge in [-0.1, -0.05) is 11.6 Å². The van der Waals surface area contributed by atoms with E-state index in [4.69, 9.17) is 21.1 Å². The molecule has 20 heavy (non-hydrogen) atoms. The number of aryl methyl sites for hydroxylation is 1. The molecule has 0 aliphatic carbocycles. The van der Waals surface area contributed by atoms with Gasteiger partial charge in [0.25, 0.3) is 0 Å². The summed E-state index contributed by atoms with van der Waals surface area (Å²) >= 11 is 8.23. The van der Waals surface area contributed by atoms with Crippen LogP contribution in [0.4, 0.5) is 0 Å². The van der Waals surface area contributed by atoms with Crippen LogP contribution in [0.5, 0.6) is 0 Å². The lowest BCUT2D eigenvalue weighted by molar-refractivity contribution is -0.103. The molecular weight excluding hydrogens is 294 g/mol. The summed E-state index contributed by atoms with van der Waals surface area (Å²) in [5.41, 5.74) is 1.13. The number of halogens is 1. The van der Waals surface area contributed by atoms with E-state index in [1.165, 1.54) is 10.4 Å². The molecule has 0 amide bonds. The van der Waals surface area contributed by atoms with E-state index in [9.17, 15) is 0 Å². The Hall–Kier alpha value is -0.130. The first-order valence-corrected chi connectivity index (χ1v) is 8.53. The van der Waals surface area contributed by atoms with E-state index in [2.05, 4.69) is 17.6 Å². The first-order valence-electron chi connectivity index (χ1n) is 7.28. The SMILES string of the molecule is CNC(c1scc(C)c1Cl)C1CCOC2(CCOC2)C1. The van der Waals surface area contributed by atoms with Crippen LogP contribution < -0.4 is 5.32 Å². The zero-order valence-corrected chi connectivity index (χ0v) is 13.6. The molecule has 0 saturated carbocycles. The van der Waals surface area contributed by atoms with Crippen molar-refractivity contribution in [1.82, 2.24) is 5.32 Å². The van der Waals surface area contributed by atoms with Crippen molar-refractivity contribution in [3.8, 4) is 0 Å². The highest BCUT2D eigenvalue weighted by atomic mass is 35.5. The highest BCUT2D eigenvalue weighted by molar-refractivity contribution is 7.10. The molecule has 1 aromatic heterocycles. The molecule has 2 fully saturated rings. The summed E-state index contributed by atoms with van der Waals surface area (Å²) in [4.78, 5) is 1.27. The molecule has 1 N–H and O–H groups in total. The van der Waals surface area contributed by atoms with E-state index in [0.29, 0.717) is 12.0 Å². The van der Waals surface area contributed by atoms with Gasteiger partial charge in [-0.3, -0.25) is 0 Å². The minimum Gasteiger partial charge on any atom is -0.378 e. The van der Waals surface area contributed by atoms with Gasteiger partial charge < -0.3 is 14.8 Å². The predicted molar refractivity (Wildman–Crippen MR) is 82.7 cm³/mol. The zero-order valence-electron chi connectivity index (χ0n) is 12.1. The number of ether oxygens (including phenoxy) is 2. The van der Waals surface area contributed by atoms with Crippen molar-refractivity contribution in [3.05, 3.63) is 20.8 Å². The molecule has 3 atom stereocenters. The zero-order chi connectivity index (χ0) is 14.2. The standard InChI is InChI=1S/C15H22ClNO2S/c1-10-8-20-14(12(10)16)13(17-2)11-3-5-19-15(7-11)4-6-18-9-15/h8,11,13,17H,3-7,9H2,1-2H3. The first-order chi connectivity index (χ1) is 9.65. The number of nitrogens with one attached hydrogen (secondary N) is 1. The molecule has 2 aliphatic rings. The van der Waals surface area contributed by atoms with E-state index in [1.54, 1.807) is 11.3 Å². The molecule has 5 heteroatoms. The van der Waals surface area contributed by atoms with Crippen LogP contribution in [0.3, 0.4) is 0 Å². The Bertz CT molecular complexity index is 470. The maximum absolute atomic E-state index is 6.47. The molecule has 3 unspecified atom stereocenters. The van der Waals surface area contributed by atoms with Gasteiger partial charge in [-0.25, -0.2) is 0 Å². The van der Waals surface area contributed by atoms with Crippen LogP contribution in [-0.4, -0.2) is 32.5 Å². The molecular formula is C15H22ClNO2S. The molecule has 3 nitrogen and oxygen atoms in total. The third-order valence-corrected chi connectivity index (χ3v) is 6.39. The van der Waals surface area contributed by atoms with Gasteiger partial charge in [-0.15, -0.1) is 11.3 Å². The molecule has 2 saturated heterocycles. The maximum Gasteiger partial charge on any atom is 0.0940 e. The topological polar surface area (TPSA) is 30.5 Å². The molecule has 112 valence electrons. The van der Waals surface area contributed by atoms with Crippen molar-refractivity contribution in [2.24, 2.45) is 5.92 Å². The fourth-order valence-corrected chi connectivity index (χ4v) is 4.97. The predicted octanol–water partition coefficient (Wildman–Crippen LogP) is 3.56. The fourth-order valence-electron chi connectivity index (χ4n) is 3.45. The van der Waals surface area contributed by atoms with E-state index in [-0.39, 0.29) is 5.60 Å². The Morgan fingerprint density at radius 1 is 1.50 bits per heavy atom. The number of hydrogen-bond acceptors (Lipinski definition) is 4. The average molecular weight is 316 g/mol. The van der Waals surface area contributed by atoms with Crippen molar-refractivity contribution in [2.75, 3.05) is 26.9 Å². The second-order valence-electron chi connectivity index (χ2n) is 5.95. The molecule has 1 spiro atoms. The highest BCUT2D eigenvalue weighted by Crippen LogP contribution is 2.44. The largest absolute Gasteiger partial charge is 0.378 e. The summed E-state index contributed by atoms with van der Waals surface area (Å²) in [5.74, 6) is 0.561. The van der Waals surface area contributed by atoms with Gasteiger partial charge in [-0.2, -0.15) is 0 Å². The lowest BCUT2D eigenvalue weighted by atomic mass is 9.80. The van der Waals surface area contributed by atoms with Gasteiger partial charge in [0.15, 0.2) is 0 Å². The quantitative estimate of drug-likeness (QED) is 0.925. The van der Waals surface area contributed by atoms with E-state index in [1.807, 2.05) is 7.05 Å². The number of rotatable bonds is 3. The van der Waals surface area contributed by atoms with Gasteiger partial charge in [0.05, 0.1) is 17.2 Å². The molecule has 0 aromatic carbocycles. The second-order valence-corrected chi connectivity index (χ2v) is 7.24. The van der Waals surface area contributed by atoms with Crippen molar-refractivity contribution in [3.63, 3.8) is 0 Å². The average Bonchev–Trinajstić information content (AvgIpc) is 3.02. The minimum atomic E-state index is -0.0448.